The molecule has 0 atom stereocenters. The van der Waals surface area contributed by atoms with Gasteiger partial charge in [0.1, 0.15) is 18.2 Å². The number of hydrogen-bond acceptors (Lipinski definition) is 3. The second-order valence-electron chi connectivity index (χ2n) is 8.58. The molecule has 5 heteroatoms. The average molecular weight is 442 g/mol. The molecule has 5 nitrogen and oxygen atoms in total. The predicted molar refractivity (Wildman–Crippen MR) is 133 cm³/mol. The fourth-order valence-corrected chi connectivity index (χ4v) is 4.00. The van der Waals surface area contributed by atoms with Crippen LogP contribution in [-0.4, -0.2) is 28.6 Å². The third-order valence-corrected chi connectivity index (χ3v) is 5.80. The first-order chi connectivity index (χ1) is 16.0. The molecule has 0 bridgehead atoms. The van der Waals surface area contributed by atoms with Gasteiger partial charge < -0.3 is 14.6 Å². The van der Waals surface area contributed by atoms with E-state index in [9.17, 15) is 4.79 Å². The molecule has 0 aliphatic heterocycles. The van der Waals surface area contributed by atoms with Crippen molar-refractivity contribution in [1.29, 1.82) is 0 Å². The second-order valence-corrected chi connectivity index (χ2v) is 8.58. The summed E-state index contributed by atoms with van der Waals surface area (Å²) < 4.78 is 8.37. The van der Waals surface area contributed by atoms with E-state index in [1.807, 2.05) is 61.5 Å². The van der Waals surface area contributed by atoms with Crippen LogP contribution in [-0.2, 0) is 13.0 Å². The molecule has 33 heavy (non-hydrogen) atoms. The molecule has 170 valence electrons. The quantitative estimate of drug-likeness (QED) is 0.372. The van der Waals surface area contributed by atoms with E-state index in [-0.39, 0.29) is 5.91 Å². The van der Waals surface area contributed by atoms with Crippen LogP contribution in [0.1, 0.15) is 47.1 Å². The second kappa shape index (κ2) is 10.3. The highest BCUT2D eigenvalue weighted by molar-refractivity contribution is 5.94. The van der Waals surface area contributed by atoms with Crippen LogP contribution in [0.15, 0.2) is 72.8 Å². The number of aromatic nitrogens is 2. The van der Waals surface area contributed by atoms with E-state index in [2.05, 4.69) is 41.9 Å². The molecular weight excluding hydrogens is 410 g/mol. The van der Waals surface area contributed by atoms with Gasteiger partial charge in [0.15, 0.2) is 0 Å². The average Bonchev–Trinajstić information content (AvgIpc) is 3.17. The van der Waals surface area contributed by atoms with E-state index in [1.54, 1.807) is 0 Å². The molecule has 0 radical (unpaired) electrons. The molecule has 1 heterocycles. The number of imidazole rings is 1. The van der Waals surface area contributed by atoms with Gasteiger partial charge in [0.05, 0.1) is 17.6 Å². The first kappa shape index (κ1) is 22.6. The van der Waals surface area contributed by atoms with Gasteiger partial charge in [-0.25, -0.2) is 4.98 Å². The van der Waals surface area contributed by atoms with E-state index in [1.165, 1.54) is 5.56 Å². The number of para-hydroxylation sites is 3. The van der Waals surface area contributed by atoms with Crippen molar-refractivity contribution in [2.75, 3.05) is 13.2 Å². The summed E-state index contributed by atoms with van der Waals surface area (Å²) in [6.07, 6.45) is 0.648. The van der Waals surface area contributed by atoms with Crippen molar-refractivity contribution in [2.24, 2.45) is 0 Å². The van der Waals surface area contributed by atoms with Crippen LogP contribution in [0, 0.1) is 6.92 Å². The third-order valence-electron chi connectivity index (χ3n) is 5.80. The summed E-state index contributed by atoms with van der Waals surface area (Å²) in [6.45, 7) is 8.12. The summed E-state index contributed by atoms with van der Waals surface area (Å²) in [5.74, 6) is 2.22. The lowest BCUT2D eigenvalue weighted by atomic mass is 10.0. The number of nitrogens with zero attached hydrogens (tertiary/aromatic N) is 2. The highest BCUT2D eigenvalue weighted by Gasteiger charge is 2.13. The summed E-state index contributed by atoms with van der Waals surface area (Å²) in [4.78, 5) is 17.3. The standard InChI is InChI=1S/C28H31N3O2/c1-20(2)23-8-4-7-11-26(23)33-19-18-31-25-10-6-5-9-24(25)30-27(31)16-17-29-28(32)22-14-12-21(3)13-15-22/h4-15,20H,16-19H2,1-3H3,(H,29,32). The van der Waals surface area contributed by atoms with E-state index >= 15 is 0 Å². The Balaban J connectivity index is 1.43. The molecule has 0 unspecified atom stereocenters. The Bertz CT molecular complexity index is 1230. The van der Waals surface area contributed by atoms with Crippen LogP contribution in [0.2, 0.25) is 0 Å². The minimum Gasteiger partial charge on any atom is -0.491 e. The Labute approximate surface area is 195 Å². The number of aryl methyl sites for hydroxylation is 1. The minimum absolute atomic E-state index is 0.0636. The molecule has 0 spiro atoms. The molecule has 3 aromatic carbocycles. The SMILES string of the molecule is Cc1ccc(C(=O)NCCc2nc3ccccc3n2CCOc2ccccc2C(C)C)cc1. The van der Waals surface area contributed by atoms with Gasteiger partial charge in [-0.3, -0.25) is 4.79 Å². The maximum Gasteiger partial charge on any atom is 0.251 e. The van der Waals surface area contributed by atoms with Gasteiger partial charge >= 0.3 is 0 Å². The Morgan fingerprint density at radius 2 is 1.73 bits per heavy atom. The molecule has 1 aromatic heterocycles. The molecule has 0 fully saturated rings. The fourth-order valence-electron chi connectivity index (χ4n) is 4.00. The van der Waals surface area contributed by atoms with E-state index in [0.29, 0.717) is 37.6 Å². The van der Waals surface area contributed by atoms with E-state index in [0.717, 1.165) is 28.2 Å². The van der Waals surface area contributed by atoms with E-state index < -0.39 is 0 Å². The Morgan fingerprint density at radius 1 is 1.00 bits per heavy atom. The van der Waals surface area contributed by atoms with Crippen molar-refractivity contribution < 1.29 is 9.53 Å². The molecule has 4 rings (SSSR count). The van der Waals surface area contributed by atoms with Crippen molar-refractivity contribution in [3.8, 4) is 5.75 Å². The highest BCUT2D eigenvalue weighted by atomic mass is 16.5. The Morgan fingerprint density at radius 3 is 2.52 bits per heavy atom. The van der Waals surface area contributed by atoms with E-state index in [4.69, 9.17) is 9.72 Å². The van der Waals surface area contributed by atoms with Gasteiger partial charge in [-0.2, -0.15) is 0 Å². The van der Waals surface area contributed by atoms with Crippen molar-refractivity contribution in [2.45, 2.75) is 39.7 Å². The third kappa shape index (κ3) is 5.43. The number of ether oxygens (including phenoxy) is 1. The van der Waals surface area contributed by atoms with Gasteiger partial charge in [-0.05, 0) is 48.7 Å². The van der Waals surface area contributed by atoms with Gasteiger partial charge in [-0.15, -0.1) is 0 Å². The van der Waals surface area contributed by atoms with Crippen LogP contribution >= 0.6 is 0 Å². The first-order valence-corrected chi connectivity index (χ1v) is 11.5. The van der Waals surface area contributed by atoms with Crippen molar-refractivity contribution in [3.05, 3.63) is 95.3 Å². The lowest BCUT2D eigenvalue weighted by Crippen LogP contribution is -2.26. The van der Waals surface area contributed by atoms with Crippen LogP contribution in [0.3, 0.4) is 0 Å². The fraction of sp³-hybridized carbons (Fsp3) is 0.286. The minimum atomic E-state index is -0.0636. The summed E-state index contributed by atoms with van der Waals surface area (Å²) in [6, 6.07) is 23.9. The summed E-state index contributed by atoms with van der Waals surface area (Å²) in [5, 5.41) is 3.02. The highest BCUT2D eigenvalue weighted by Crippen LogP contribution is 2.26. The number of benzene rings is 3. The lowest BCUT2D eigenvalue weighted by Gasteiger charge is -2.15. The number of hydrogen-bond donors (Lipinski definition) is 1. The number of amides is 1. The lowest BCUT2D eigenvalue weighted by molar-refractivity contribution is 0.0954. The zero-order chi connectivity index (χ0) is 23.2. The number of carbonyl (C=O) groups excluding carboxylic acids is 1. The maximum absolute atomic E-state index is 12.5. The van der Waals surface area contributed by atoms with Crippen molar-refractivity contribution in [3.63, 3.8) is 0 Å². The topological polar surface area (TPSA) is 56.2 Å². The monoisotopic (exact) mass is 441 g/mol. The maximum atomic E-state index is 12.5. The summed E-state index contributed by atoms with van der Waals surface area (Å²) in [7, 11) is 0. The molecule has 4 aromatic rings. The largest absolute Gasteiger partial charge is 0.491 e. The van der Waals surface area contributed by atoms with Gasteiger partial charge in [0, 0.05) is 18.5 Å². The van der Waals surface area contributed by atoms with Crippen LogP contribution in [0.5, 0.6) is 5.75 Å². The first-order valence-electron chi connectivity index (χ1n) is 11.5. The van der Waals surface area contributed by atoms with Crippen LogP contribution < -0.4 is 10.1 Å². The van der Waals surface area contributed by atoms with Crippen LogP contribution in [0.25, 0.3) is 11.0 Å². The number of carbonyl (C=O) groups is 1. The predicted octanol–water partition coefficient (Wildman–Crippen LogP) is 5.52. The van der Waals surface area contributed by atoms with Crippen LogP contribution in [0.4, 0.5) is 0 Å². The molecule has 0 aliphatic rings. The van der Waals surface area contributed by atoms with Gasteiger partial charge in [-0.1, -0.05) is 61.9 Å². The Kier molecular flexibility index (Phi) is 7.08. The smallest absolute Gasteiger partial charge is 0.251 e. The zero-order valence-electron chi connectivity index (χ0n) is 19.5. The molecular formula is C28H31N3O2. The van der Waals surface area contributed by atoms with Crippen molar-refractivity contribution in [1.82, 2.24) is 14.9 Å². The zero-order valence-corrected chi connectivity index (χ0v) is 19.5. The number of fused-ring (bicyclic) bond motifs is 1. The van der Waals surface area contributed by atoms with Gasteiger partial charge in [0.2, 0.25) is 0 Å². The normalized spacial score (nSPS) is 11.2. The number of rotatable bonds is 9. The van der Waals surface area contributed by atoms with Crippen molar-refractivity contribution >= 4 is 16.9 Å². The molecule has 1 N–H and O–H groups in total. The Hall–Kier alpha value is -3.60. The molecule has 1 amide bonds. The van der Waals surface area contributed by atoms with Gasteiger partial charge in [0.25, 0.3) is 5.91 Å². The summed E-state index contributed by atoms with van der Waals surface area (Å²) >= 11 is 0. The molecule has 0 aliphatic carbocycles. The summed E-state index contributed by atoms with van der Waals surface area (Å²) in [5.41, 5.74) is 5.06. The molecule has 0 saturated heterocycles. The number of nitrogens with one attached hydrogen (secondary N) is 1. The molecule has 0 saturated carbocycles.